The number of piperidine rings is 2. The van der Waals surface area contributed by atoms with Gasteiger partial charge in [0.05, 0.1) is 11.3 Å². The Bertz CT molecular complexity index is 2050. The van der Waals surface area contributed by atoms with Crippen molar-refractivity contribution >= 4 is 41.7 Å². The number of hydrogen-bond donors (Lipinski definition) is 6. The number of hydrogen-bond acceptors (Lipinski definition) is 8. The molecule has 1 aromatic heterocycles. The Kier molecular flexibility index (Phi) is 17.3. The van der Waals surface area contributed by atoms with Crippen LogP contribution in [0.1, 0.15) is 97.3 Å². The molecule has 2 saturated heterocycles. The lowest BCUT2D eigenvalue weighted by Gasteiger charge is -2.32. The van der Waals surface area contributed by atoms with E-state index in [0.29, 0.717) is 31.0 Å². The number of unbranched alkanes of at least 4 members (excludes halogenated alkanes) is 5. The lowest BCUT2D eigenvalue weighted by Crippen LogP contribution is -2.47. The van der Waals surface area contributed by atoms with Crippen molar-refractivity contribution in [2.75, 3.05) is 36.8 Å². The van der Waals surface area contributed by atoms with Crippen LogP contribution >= 0.6 is 0 Å². The second-order valence-corrected chi connectivity index (χ2v) is 15.0. The molecule has 2 fully saturated rings. The normalized spacial score (nSPS) is 15.8. The van der Waals surface area contributed by atoms with E-state index in [0.717, 1.165) is 82.8 Å². The van der Waals surface area contributed by atoms with Crippen LogP contribution in [0.3, 0.4) is 0 Å². The average Bonchev–Trinajstić information content (AvgIpc) is 3.68. The molecule has 61 heavy (non-hydrogen) atoms. The van der Waals surface area contributed by atoms with E-state index in [4.69, 9.17) is 9.90 Å². The molecule has 326 valence electrons. The number of nitrogens with zero attached hydrogens (tertiary/aromatic N) is 3. The van der Waals surface area contributed by atoms with E-state index in [1.165, 1.54) is 34.5 Å². The van der Waals surface area contributed by atoms with Gasteiger partial charge in [-0.15, -0.1) is 0 Å². The monoisotopic (exact) mass is 846 g/mol. The highest BCUT2D eigenvalue weighted by Gasteiger charge is 2.33. The highest BCUT2D eigenvalue weighted by Crippen LogP contribution is 2.32. The van der Waals surface area contributed by atoms with Gasteiger partial charge in [0.15, 0.2) is 5.69 Å². The van der Waals surface area contributed by atoms with Crippen molar-refractivity contribution in [1.29, 1.82) is 0 Å². The summed E-state index contributed by atoms with van der Waals surface area (Å²) in [5, 5.41) is 24.9. The third kappa shape index (κ3) is 14.2. The Morgan fingerprint density at radius 2 is 1.51 bits per heavy atom. The molecule has 1 atom stereocenters. The van der Waals surface area contributed by atoms with Crippen molar-refractivity contribution in [2.24, 2.45) is 0 Å². The quantitative estimate of drug-likeness (QED) is 0.0367. The molecule has 0 saturated carbocycles. The molecule has 0 aliphatic carbocycles. The smallest absolute Gasteiger partial charge is 0.416 e. The molecule has 0 radical (unpaired) electrons. The zero-order valence-electron chi connectivity index (χ0n) is 33.9. The molecular weight excluding hydrogens is 794 g/mol. The van der Waals surface area contributed by atoms with Crippen LogP contribution < -0.4 is 26.6 Å². The molecule has 0 bridgehead atoms. The Hall–Kier alpha value is -6.23. The number of para-hydroxylation sites is 1. The number of benzene rings is 3. The van der Waals surface area contributed by atoms with E-state index < -0.39 is 17.8 Å². The summed E-state index contributed by atoms with van der Waals surface area (Å²) in [5.41, 5.74) is 2.01. The Labute approximate surface area is 352 Å². The number of rotatable bonds is 17. The first-order valence-electron chi connectivity index (χ1n) is 20.6. The third-order valence-corrected chi connectivity index (χ3v) is 10.7. The number of aromatic nitrogens is 2. The summed E-state index contributed by atoms with van der Waals surface area (Å²) in [4.78, 5) is 60.2. The van der Waals surface area contributed by atoms with Crippen molar-refractivity contribution in [1.82, 2.24) is 30.6 Å². The fourth-order valence-electron chi connectivity index (χ4n) is 7.47. The first kappa shape index (κ1) is 45.8. The maximum atomic E-state index is 13.4. The first-order chi connectivity index (χ1) is 29.4. The summed E-state index contributed by atoms with van der Waals surface area (Å²) in [7, 11) is 0. The molecule has 17 heteroatoms. The maximum Gasteiger partial charge on any atom is 0.416 e. The first-order valence-corrected chi connectivity index (χ1v) is 20.6. The van der Waals surface area contributed by atoms with Crippen molar-refractivity contribution in [3.8, 4) is 5.69 Å². The van der Waals surface area contributed by atoms with Crippen LogP contribution in [-0.4, -0.2) is 82.2 Å². The van der Waals surface area contributed by atoms with Gasteiger partial charge >= 0.3 is 12.2 Å². The van der Waals surface area contributed by atoms with Crippen LogP contribution in [0.5, 0.6) is 0 Å². The van der Waals surface area contributed by atoms with Crippen LogP contribution in [-0.2, 0) is 27.1 Å². The van der Waals surface area contributed by atoms with Gasteiger partial charge in [-0.05, 0) is 99.1 Å². The molecule has 2 aliphatic rings. The number of imide groups is 1. The second kappa shape index (κ2) is 23.0. The number of amides is 5. The molecule has 3 heterocycles. The molecule has 6 rings (SSSR count). The predicted octanol–water partition coefficient (Wildman–Crippen LogP) is 7.08. The Morgan fingerprint density at radius 3 is 2.20 bits per heavy atom. The van der Waals surface area contributed by atoms with Crippen LogP contribution in [0.25, 0.3) is 5.69 Å². The number of urea groups is 1. The molecule has 2 aliphatic heterocycles. The minimum absolute atomic E-state index is 0.0705. The molecule has 4 aromatic rings. The topological polar surface area (TPSA) is 187 Å². The van der Waals surface area contributed by atoms with E-state index in [1.807, 2.05) is 18.2 Å². The van der Waals surface area contributed by atoms with Crippen LogP contribution in [0.15, 0.2) is 84.9 Å². The average molecular weight is 847 g/mol. The standard InChI is InChI=1S/C43H51F3N8O4.CH2O2/c44-43(45,46)35-15-9-8-12-32(35)29-48-42(58)50-38-28-37(52-54(38)34-13-6-5-7-14-34)40(56)47-24-10-3-1-2-4-11-25-53-26-22-31(23-27-53)30-16-18-33(19-17-30)49-36-20-21-39(55)51-41(36)57;2-1-3/h5-9,12-19,28,31,36,49H,1-4,10-11,20-27,29H2,(H,47,56)(H2,48,50,58)(H,51,55,57);1H,(H,2,3). The number of carbonyl (C=O) groups excluding carboxylic acids is 4. The van der Waals surface area contributed by atoms with E-state index in [1.54, 1.807) is 24.3 Å². The number of nitrogens with one attached hydrogen (secondary N) is 5. The second-order valence-electron chi connectivity index (χ2n) is 15.0. The molecular formula is C44H53F3N8O6. The lowest BCUT2D eigenvalue weighted by molar-refractivity contribution is -0.138. The number of carbonyl (C=O) groups is 5. The highest BCUT2D eigenvalue weighted by atomic mass is 19.4. The number of likely N-dealkylation sites (tertiary alicyclic amines) is 1. The van der Waals surface area contributed by atoms with Gasteiger partial charge in [-0.25, -0.2) is 9.48 Å². The molecule has 6 N–H and O–H groups in total. The summed E-state index contributed by atoms with van der Waals surface area (Å²) in [6, 6.07) is 22.6. The van der Waals surface area contributed by atoms with Crippen molar-refractivity contribution in [3.63, 3.8) is 0 Å². The van der Waals surface area contributed by atoms with E-state index in [9.17, 15) is 32.3 Å². The fourth-order valence-corrected chi connectivity index (χ4v) is 7.47. The minimum atomic E-state index is -4.55. The lowest BCUT2D eigenvalue weighted by atomic mass is 9.89. The van der Waals surface area contributed by atoms with Gasteiger partial charge < -0.3 is 26.0 Å². The van der Waals surface area contributed by atoms with Gasteiger partial charge in [0.25, 0.3) is 12.4 Å². The third-order valence-electron chi connectivity index (χ3n) is 10.7. The SMILES string of the molecule is O=C1CCC(Nc2ccc(C3CCN(CCCCCCCCNC(=O)c4cc(NC(=O)NCc5ccccc5C(F)(F)F)n(-c5ccccc5)n4)CC3)cc2)C(=O)N1.O=CO. The van der Waals surface area contributed by atoms with E-state index >= 15 is 0 Å². The molecule has 5 amide bonds. The number of carboxylic acid groups (broad SMARTS) is 1. The molecule has 3 aromatic carbocycles. The van der Waals surface area contributed by atoms with Crippen LogP contribution in [0, 0.1) is 0 Å². The Balaban J connectivity index is 0.00000228. The number of halogens is 3. The molecule has 0 spiro atoms. The summed E-state index contributed by atoms with van der Waals surface area (Å²) in [5.74, 6) is -0.155. The van der Waals surface area contributed by atoms with Crippen LogP contribution in [0.2, 0.25) is 0 Å². The van der Waals surface area contributed by atoms with Crippen molar-refractivity contribution in [3.05, 3.63) is 107 Å². The van der Waals surface area contributed by atoms with Gasteiger partial charge in [-0.3, -0.25) is 29.8 Å². The molecule has 14 nitrogen and oxygen atoms in total. The van der Waals surface area contributed by atoms with Gasteiger partial charge in [-0.2, -0.15) is 18.3 Å². The van der Waals surface area contributed by atoms with E-state index in [2.05, 4.69) is 48.7 Å². The highest BCUT2D eigenvalue weighted by molar-refractivity contribution is 6.01. The van der Waals surface area contributed by atoms with Gasteiger partial charge in [0.1, 0.15) is 11.9 Å². The predicted molar refractivity (Wildman–Crippen MR) is 224 cm³/mol. The zero-order chi connectivity index (χ0) is 43.6. The summed E-state index contributed by atoms with van der Waals surface area (Å²) in [6.07, 6.45) is 4.86. The summed E-state index contributed by atoms with van der Waals surface area (Å²) in [6.45, 7) is 3.14. The minimum Gasteiger partial charge on any atom is -0.483 e. The maximum absolute atomic E-state index is 13.4. The summed E-state index contributed by atoms with van der Waals surface area (Å²) < 4.78 is 41.6. The van der Waals surface area contributed by atoms with Gasteiger partial charge in [0, 0.05) is 31.3 Å². The number of alkyl halides is 3. The molecule has 1 unspecified atom stereocenters. The number of anilines is 2. The summed E-state index contributed by atoms with van der Waals surface area (Å²) >= 11 is 0. The van der Waals surface area contributed by atoms with Gasteiger partial charge in [-0.1, -0.05) is 74.2 Å². The fraction of sp³-hybridized carbons (Fsp3) is 0.409. The van der Waals surface area contributed by atoms with Crippen molar-refractivity contribution < 1.29 is 42.3 Å². The zero-order valence-corrected chi connectivity index (χ0v) is 33.9. The van der Waals surface area contributed by atoms with Gasteiger partial charge in [0.2, 0.25) is 11.8 Å². The Morgan fingerprint density at radius 1 is 0.852 bits per heavy atom. The van der Waals surface area contributed by atoms with Crippen molar-refractivity contribution in [2.45, 2.75) is 88.9 Å². The largest absolute Gasteiger partial charge is 0.483 e. The van der Waals surface area contributed by atoms with E-state index in [-0.39, 0.29) is 53.9 Å². The van der Waals surface area contributed by atoms with Crippen LogP contribution in [0.4, 0.5) is 29.5 Å².